The van der Waals surface area contributed by atoms with Crippen LogP contribution in [0, 0.1) is 6.92 Å². The second-order valence-corrected chi connectivity index (χ2v) is 5.02. The molecule has 1 N–H and O–H groups in total. The topological polar surface area (TPSA) is 51.2 Å². The van der Waals surface area contributed by atoms with Gasteiger partial charge in [0, 0.05) is 25.0 Å². The van der Waals surface area contributed by atoms with Gasteiger partial charge >= 0.3 is 0 Å². The van der Waals surface area contributed by atoms with Crippen molar-refractivity contribution in [2.24, 2.45) is 0 Å². The number of amides is 1. The molecule has 1 aliphatic rings. The molecule has 0 bridgehead atoms. The lowest BCUT2D eigenvalue weighted by Gasteiger charge is -2.09. The van der Waals surface area contributed by atoms with Crippen molar-refractivity contribution >= 4 is 5.91 Å². The maximum absolute atomic E-state index is 11.9. The number of ether oxygens (including phenoxy) is 1. The molecule has 2 heterocycles. The predicted molar refractivity (Wildman–Crippen MR) is 74.1 cm³/mol. The highest BCUT2D eigenvalue weighted by molar-refractivity contribution is 5.95. The van der Waals surface area contributed by atoms with E-state index in [0.29, 0.717) is 11.7 Å². The van der Waals surface area contributed by atoms with E-state index in [1.54, 1.807) is 12.3 Å². The summed E-state index contributed by atoms with van der Waals surface area (Å²) in [4.78, 5) is 16.0. The lowest BCUT2D eigenvalue weighted by atomic mass is 10.1. The minimum atomic E-state index is -0.0253. The van der Waals surface area contributed by atoms with Gasteiger partial charge in [0.1, 0.15) is 0 Å². The first-order valence-electron chi connectivity index (χ1n) is 7.09. The van der Waals surface area contributed by atoms with Gasteiger partial charge < -0.3 is 10.1 Å². The molecular formula is C15H22N2O2. The van der Waals surface area contributed by atoms with Crippen LogP contribution in [0.2, 0.25) is 0 Å². The number of aromatic nitrogens is 1. The zero-order valence-electron chi connectivity index (χ0n) is 11.5. The second kappa shape index (κ2) is 7.24. The molecular weight excluding hydrogens is 240 g/mol. The molecule has 4 nitrogen and oxygen atoms in total. The van der Waals surface area contributed by atoms with Gasteiger partial charge in [-0.25, -0.2) is 0 Å². The van der Waals surface area contributed by atoms with Crippen LogP contribution in [0.15, 0.2) is 18.3 Å². The summed E-state index contributed by atoms with van der Waals surface area (Å²) in [5.41, 5.74) is 1.45. The van der Waals surface area contributed by atoms with Gasteiger partial charge in [0.2, 0.25) is 0 Å². The number of nitrogens with zero attached hydrogens (tertiary/aromatic N) is 1. The largest absolute Gasteiger partial charge is 0.378 e. The Hall–Kier alpha value is -1.42. The van der Waals surface area contributed by atoms with Gasteiger partial charge in [0.25, 0.3) is 5.91 Å². The minimum Gasteiger partial charge on any atom is -0.378 e. The number of carbonyl (C=O) groups excluding carboxylic acids is 1. The third kappa shape index (κ3) is 4.31. The normalized spacial score (nSPS) is 18.5. The Bertz CT molecular complexity index is 414. The molecule has 1 aromatic rings. The number of nitrogens with one attached hydrogen (secondary N) is 1. The number of hydrogen-bond donors (Lipinski definition) is 1. The van der Waals surface area contributed by atoms with E-state index in [4.69, 9.17) is 4.74 Å². The Morgan fingerprint density at radius 2 is 2.42 bits per heavy atom. The van der Waals surface area contributed by atoms with Crippen molar-refractivity contribution in [2.45, 2.75) is 45.1 Å². The first kappa shape index (κ1) is 14.0. The molecule has 4 heteroatoms. The second-order valence-electron chi connectivity index (χ2n) is 5.02. The average Bonchev–Trinajstić information content (AvgIpc) is 2.92. The van der Waals surface area contributed by atoms with Crippen molar-refractivity contribution < 1.29 is 9.53 Å². The standard InChI is InChI=1S/C15H22N2O2/c1-12-14(8-4-10-16-12)15(18)17-9-3-2-6-13-7-5-11-19-13/h4,8,10,13H,2-3,5-7,9,11H2,1H3,(H,17,18). The van der Waals surface area contributed by atoms with Gasteiger partial charge in [-0.2, -0.15) is 0 Å². The van der Waals surface area contributed by atoms with Crippen LogP contribution in [0.5, 0.6) is 0 Å². The molecule has 1 saturated heterocycles. The molecule has 1 aromatic heterocycles. The zero-order chi connectivity index (χ0) is 13.5. The predicted octanol–water partition coefficient (Wildman–Crippen LogP) is 2.47. The number of carbonyl (C=O) groups is 1. The fourth-order valence-electron chi connectivity index (χ4n) is 2.39. The van der Waals surface area contributed by atoms with E-state index in [1.165, 1.54) is 12.8 Å². The Kier molecular flexibility index (Phi) is 5.33. The summed E-state index contributed by atoms with van der Waals surface area (Å²) in [6.45, 7) is 3.49. The van der Waals surface area contributed by atoms with Crippen LogP contribution in [-0.4, -0.2) is 30.1 Å². The van der Waals surface area contributed by atoms with Crippen molar-refractivity contribution in [1.29, 1.82) is 0 Å². The maximum Gasteiger partial charge on any atom is 0.253 e. The molecule has 1 aliphatic heterocycles. The number of pyridine rings is 1. The monoisotopic (exact) mass is 262 g/mol. The Morgan fingerprint density at radius 3 is 3.16 bits per heavy atom. The molecule has 1 fully saturated rings. The maximum atomic E-state index is 11.9. The minimum absolute atomic E-state index is 0.0253. The fraction of sp³-hybridized carbons (Fsp3) is 0.600. The third-order valence-corrected chi connectivity index (χ3v) is 3.51. The van der Waals surface area contributed by atoms with Gasteiger partial charge in [-0.05, 0) is 51.2 Å². The van der Waals surface area contributed by atoms with Crippen molar-refractivity contribution in [3.05, 3.63) is 29.6 Å². The molecule has 0 spiro atoms. The average molecular weight is 262 g/mol. The smallest absolute Gasteiger partial charge is 0.253 e. The zero-order valence-corrected chi connectivity index (χ0v) is 11.5. The van der Waals surface area contributed by atoms with E-state index in [9.17, 15) is 4.79 Å². The molecule has 1 atom stereocenters. The van der Waals surface area contributed by atoms with Crippen molar-refractivity contribution in [2.75, 3.05) is 13.2 Å². The summed E-state index contributed by atoms with van der Waals surface area (Å²) >= 11 is 0. The van der Waals surface area contributed by atoms with E-state index in [2.05, 4.69) is 10.3 Å². The van der Waals surface area contributed by atoms with Gasteiger partial charge in [0.15, 0.2) is 0 Å². The molecule has 1 unspecified atom stereocenters. The summed E-state index contributed by atoms with van der Waals surface area (Å²) < 4.78 is 5.57. The van der Waals surface area contributed by atoms with E-state index < -0.39 is 0 Å². The van der Waals surface area contributed by atoms with Crippen LogP contribution in [0.25, 0.3) is 0 Å². The Morgan fingerprint density at radius 1 is 1.53 bits per heavy atom. The van der Waals surface area contributed by atoms with Crippen molar-refractivity contribution in [1.82, 2.24) is 10.3 Å². The fourth-order valence-corrected chi connectivity index (χ4v) is 2.39. The summed E-state index contributed by atoms with van der Waals surface area (Å²) in [7, 11) is 0. The number of rotatable bonds is 6. The molecule has 0 aliphatic carbocycles. The van der Waals surface area contributed by atoms with E-state index >= 15 is 0 Å². The van der Waals surface area contributed by atoms with Crippen LogP contribution < -0.4 is 5.32 Å². The van der Waals surface area contributed by atoms with Crippen LogP contribution >= 0.6 is 0 Å². The number of aryl methyl sites for hydroxylation is 1. The number of hydrogen-bond acceptors (Lipinski definition) is 3. The SMILES string of the molecule is Cc1ncccc1C(=O)NCCCCC1CCCO1. The van der Waals surface area contributed by atoms with Crippen LogP contribution in [0.1, 0.15) is 48.2 Å². The summed E-state index contributed by atoms with van der Waals surface area (Å²) in [6, 6.07) is 3.60. The van der Waals surface area contributed by atoms with Gasteiger partial charge in [-0.1, -0.05) is 0 Å². The summed E-state index contributed by atoms with van der Waals surface area (Å²) in [6.07, 6.45) is 7.77. The van der Waals surface area contributed by atoms with Crippen LogP contribution in [0.4, 0.5) is 0 Å². The lowest BCUT2D eigenvalue weighted by Crippen LogP contribution is -2.25. The quantitative estimate of drug-likeness (QED) is 0.801. The molecule has 2 rings (SSSR count). The van der Waals surface area contributed by atoms with Crippen molar-refractivity contribution in [3.8, 4) is 0 Å². The van der Waals surface area contributed by atoms with E-state index in [0.717, 1.165) is 38.1 Å². The molecule has 0 aromatic carbocycles. The molecule has 19 heavy (non-hydrogen) atoms. The van der Waals surface area contributed by atoms with E-state index in [1.807, 2.05) is 13.0 Å². The third-order valence-electron chi connectivity index (χ3n) is 3.51. The molecule has 0 radical (unpaired) electrons. The molecule has 1 amide bonds. The number of unbranched alkanes of at least 4 members (excludes halogenated alkanes) is 1. The van der Waals surface area contributed by atoms with Crippen LogP contribution in [0.3, 0.4) is 0 Å². The first-order valence-corrected chi connectivity index (χ1v) is 7.09. The first-order chi connectivity index (χ1) is 9.27. The Balaban J connectivity index is 1.62. The Labute approximate surface area is 114 Å². The van der Waals surface area contributed by atoms with Gasteiger partial charge in [-0.3, -0.25) is 9.78 Å². The highest BCUT2D eigenvalue weighted by Crippen LogP contribution is 2.17. The van der Waals surface area contributed by atoms with Gasteiger partial charge in [0.05, 0.1) is 11.7 Å². The highest BCUT2D eigenvalue weighted by atomic mass is 16.5. The van der Waals surface area contributed by atoms with Crippen LogP contribution in [-0.2, 0) is 4.74 Å². The summed E-state index contributed by atoms with van der Waals surface area (Å²) in [5, 5.41) is 2.95. The lowest BCUT2D eigenvalue weighted by molar-refractivity contribution is 0.0946. The van der Waals surface area contributed by atoms with Gasteiger partial charge in [-0.15, -0.1) is 0 Å². The van der Waals surface area contributed by atoms with E-state index in [-0.39, 0.29) is 5.91 Å². The molecule has 104 valence electrons. The summed E-state index contributed by atoms with van der Waals surface area (Å²) in [5.74, 6) is -0.0253. The molecule has 0 saturated carbocycles. The highest BCUT2D eigenvalue weighted by Gasteiger charge is 2.14. The van der Waals surface area contributed by atoms with Crippen molar-refractivity contribution in [3.63, 3.8) is 0 Å².